The quantitative estimate of drug-likeness (QED) is 0.385. The van der Waals surface area contributed by atoms with Crippen LogP contribution in [-0.2, 0) is 19.1 Å². The van der Waals surface area contributed by atoms with Crippen molar-refractivity contribution in [3.05, 3.63) is 12.2 Å². The van der Waals surface area contributed by atoms with Crippen molar-refractivity contribution >= 4 is 17.7 Å². The number of carbonyl (C=O) groups is 3. The van der Waals surface area contributed by atoms with Gasteiger partial charge in [0, 0.05) is 6.42 Å². The Balaban J connectivity index is 3.52. The number of aliphatic carboxylic acids is 1. The first kappa shape index (κ1) is 14.3. The van der Waals surface area contributed by atoms with E-state index in [0.29, 0.717) is 18.4 Å². The molecule has 0 rings (SSSR count). The van der Waals surface area contributed by atoms with Gasteiger partial charge in [0.25, 0.3) is 0 Å². The molecule has 0 spiro atoms. The number of ketones is 1. The van der Waals surface area contributed by atoms with Crippen molar-refractivity contribution < 1.29 is 24.2 Å². The van der Waals surface area contributed by atoms with Gasteiger partial charge in [-0.15, -0.1) is 0 Å². The van der Waals surface area contributed by atoms with E-state index in [1.54, 1.807) is 6.92 Å². The van der Waals surface area contributed by atoms with Gasteiger partial charge in [-0.1, -0.05) is 6.58 Å². The normalized spacial score (nSPS) is 9.56. The van der Waals surface area contributed by atoms with Crippen molar-refractivity contribution in [2.24, 2.45) is 0 Å². The van der Waals surface area contributed by atoms with E-state index >= 15 is 0 Å². The fraction of sp³-hybridized carbons (Fsp3) is 0.545. The van der Waals surface area contributed by atoms with Gasteiger partial charge < -0.3 is 9.84 Å². The molecular weight excluding hydrogens is 212 g/mol. The Labute approximate surface area is 94.1 Å². The van der Waals surface area contributed by atoms with Crippen molar-refractivity contribution in [3.63, 3.8) is 0 Å². The molecule has 0 aromatic heterocycles. The van der Waals surface area contributed by atoms with Crippen molar-refractivity contribution in [2.75, 3.05) is 6.61 Å². The molecule has 0 heterocycles. The molecule has 0 saturated heterocycles. The molecule has 0 fully saturated rings. The van der Waals surface area contributed by atoms with Gasteiger partial charge in [-0.2, -0.15) is 0 Å². The highest BCUT2D eigenvalue weighted by Crippen LogP contribution is 2.00. The van der Waals surface area contributed by atoms with E-state index in [1.165, 1.54) is 0 Å². The maximum absolute atomic E-state index is 11.1. The smallest absolute Gasteiger partial charge is 0.306 e. The maximum Gasteiger partial charge on any atom is 0.306 e. The number of hydrogen-bond acceptors (Lipinski definition) is 4. The van der Waals surface area contributed by atoms with Crippen molar-refractivity contribution in [3.8, 4) is 0 Å². The van der Waals surface area contributed by atoms with E-state index in [4.69, 9.17) is 9.84 Å². The van der Waals surface area contributed by atoms with Crippen LogP contribution in [0.5, 0.6) is 0 Å². The maximum atomic E-state index is 11.1. The summed E-state index contributed by atoms with van der Waals surface area (Å²) >= 11 is 0. The van der Waals surface area contributed by atoms with Crippen LogP contribution in [-0.4, -0.2) is 29.4 Å². The SMILES string of the molecule is C=C(C)C(=O)CCCOC(=O)CCC(=O)O. The lowest BCUT2D eigenvalue weighted by molar-refractivity contribution is -0.147. The molecule has 0 amide bonds. The van der Waals surface area contributed by atoms with Crippen LogP contribution in [0.1, 0.15) is 32.6 Å². The van der Waals surface area contributed by atoms with Crippen molar-refractivity contribution in [1.29, 1.82) is 0 Å². The zero-order valence-electron chi connectivity index (χ0n) is 9.32. The summed E-state index contributed by atoms with van der Waals surface area (Å²) < 4.78 is 4.74. The fourth-order valence-corrected chi connectivity index (χ4v) is 0.913. The third-order valence-electron chi connectivity index (χ3n) is 1.83. The van der Waals surface area contributed by atoms with Crippen LogP contribution < -0.4 is 0 Å². The minimum Gasteiger partial charge on any atom is -0.481 e. The average molecular weight is 228 g/mol. The van der Waals surface area contributed by atoms with E-state index in [2.05, 4.69) is 6.58 Å². The van der Waals surface area contributed by atoms with E-state index in [-0.39, 0.29) is 25.2 Å². The summed E-state index contributed by atoms with van der Waals surface area (Å²) in [5.41, 5.74) is 0.484. The number of ether oxygens (including phenoxy) is 1. The summed E-state index contributed by atoms with van der Waals surface area (Å²) in [6.07, 6.45) is 0.360. The van der Waals surface area contributed by atoms with Gasteiger partial charge in [-0.05, 0) is 18.9 Å². The first-order valence-electron chi connectivity index (χ1n) is 4.99. The summed E-state index contributed by atoms with van der Waals surface area (Å²) in [6.45, 7) is 5.26. The summed E-state index contributed by atoms with van der Waals surface area (Å²) in [7, 11) is 0. The van der Waals surface area contributed by atoms with Crippen molar-refractivity contribution in [1.82, 2.24) is 0 Å². The molecule has 0 aliphatic heterocycles. The second-order valence-electron chi connectivity index (χ2n) is 3.42. The van der Waals surface area contributed by atoms with Crippen LogP contribution in [0.2, 0.25) is 0 Å². The first-order valence-corrected chi connectivity index (χ1v) is 4.99. The third-order valence-corrected chi connectivity index (χ3v) is 1.83. The lowest BCUT2D eigenvalue weighted by Gasteiger charge is -2.03. The van der Waals surface area contributed by atoms with E-state index in [1.807, 2.05) is 0 Å². The number of rotatable bonds is 8. The minimum atomic E-state index is -1.03. The molecule has 0 aromatic rings. The average Bonchev–Trinajstić information content (AvgIpc) is 2.20. The molecule has 0 saturated carbocycles. The summed E-state index contributed by atoms with van der Waals surface area (Å²) in [6, 6.07) is 0. The van der Waals surface area contributed by atoms with E-state index < -0.39 is 11.9 Å². The standard InChI is InChI=1S/C11H16O5/c1-8(2)9(12)4-3-7-16-11(15)6-5-10(13)14/h1,3-7H2,2H3,(H,13,14). The van der Waals surface area contributed by atoms with Crippen LogP contribution in [0.3, 0.4) is 0 Å². The third kappa shape index (κ3) is 7.73. The Bertz CT molecular complexity index is 293. The predicted molar refractivity (Wildman–Crippen MR) is 56.9 cm³/mol. The lowest BCUT2D eigenvalue weighted by atomic mass is 10.1. The molecule has 0 aromatic carbocycles. The molecule has 1 N–H and O–H groups in total. The van der Waals surface area contributed by atoms with Gasteiger partial charge in [0.2, 0.25) is 0 Å². The molecule has 0 bridgehead atoms. The van der Waals surface area contributed by atoms with Gasteiger partial charge in [0.15, 0.2) is 5.78 Å². The Morgan fingerprint density at radius 3 is 2.31 bits per heavy atom. The second-order valence-corrected chi connectivity index (χ2v) is 3.42. The van der Waals surface area contributed by atoms with Crippen LogP contribution in [0.4, 0.5) is 0 Å². The van der Waals surface area contributed by atoms with Gasteiger partial charge in [-0.3, -0.25) is 14.4 Å². The van der Waals surface area contributed by atoms with Gasteiger partial charge in [0.05, 0.1) is 19.4 Å². The number of hydrogen-bond donors (Lipinski definition) is 1. The Morgan fingerprint density at radius 1 is 1.19 bits per heavy atom. The Morgan fingerprint density at radius 2 is 1.81 bits per heavy atom. The summed E-state index contributed by atoms with van der Waals surface area (Å²) in [5.74, 6) is -1.64. The molecule has 0 unspecified atom stereocenters. The summed E-state index contributed by atoms with van der Waals surface area (Å²) in [5, 5.41) is 8.31. The molecule has 0 aliphatic carbocycles. The highest BCUT2D eigenvalue weighted by molar-refractivity contribution is 5.94. The Hall–Kier alpha value is -1.65. The number of carbonyl (C=O) groups excluding carboxylic acids is 2. The fourth-order valence-electron chi connectivity index (χ4n) is 0.913. The number of esters is 1. The van der Waals surface area contributed by atoms with Gasteiger partial charge in [0.1, 0.15) is 0 Å². The zero-order valence-corrected chi connectivity index (χ0v) is 9.32. The zero-order chi connectivity index (χ0) is 12.6. The van der Waals surface area contributed by atoms with E-state index in [9.17, 15) is 14.4 Å². The molecule has 0 radical (unpaired) electrons. The first-order chi connectivity index (χ1) is 7.43. The van der Waals surface area contributed by atoms with Gasteiger partial charge >= 0.3 is 11.9 Å². The number of allylic oxidation sites excluding steroid dienone is 1. The minimum absolute atomic E-state index is 0.0541. The molecule has 0 aliphatic rings. The number of Topliss-reactive ketones (excluding diaryl/α,β-unsaturated/α-hetero) is 1. The van der Waals surface area contributed by atoms with Gasteiger partial charge in [-0.25, -0.2) is 0 Å². The number of carboxylic acid groups (broad SMARTS) is 1. The lowest BCUT2D eigenvalue weighted by Crippen LogP contribution is -2.09. The van der Waals surface area contributed by atoms with Crippen molar-refractivity contribution in [2.45, 2.75) is 32.6 Å². The molecule has 90 valence electrons. The van der Waals surface area contributed by atoms with Crippen LogP contribution in [0.25, 0.3) is 0 Å². The Kier molecular flexibility index (Phi) is 6.83. The summed E-state index contributed by atoms with van der Waals surface area (Å²) in [4.78, 5) is 32.2. The highest BCUT2D eigenvalue weighted by atomic mass is 16.5. The second kappa shape index (κ2) is 7.62. The molecule has 16 heavy (non-hydrogen) atoms. The molecule has 5 nitrogen and oxygen atoms in total. The topological polar surface area (TPSA) is 80.7 Å². The monoisotopic (exact) mass is 228 g/mol. The van der Waals surface area contributed by atoms with Crippen LogP contribution >= 0.6 is 0 Å². The highest BCUT2D eigenvalue weighted by Gasteiger charge is 2.07. The van der Waals surface area contributed by atoms with Crippen LogP contribution in [0, 0.1) is 0 Å². The predicted octanol–water partition coefficient (Wildman–Crippen LogP) is 1.32. The number of carboxylic acids is 1. The largest absolute Gasteiger partial charge is 0.481 e. The van der Waals surface area contributed by atoms with E-state index in [0.717, 1.165) is 0 Å². The molecular formula is C11H16O5. The molecule has 5 heteroatoms. The molecule has 0 atom stereocenters. The van der Waals surface area contributed by atoms with Crippen LogP contribution in [0.15, 0.2) is 12.2 Å².